The standard InChI is InChI=1S/C17H17ClN2O5S/c18-9-5-6-10(14(21)17(9)26(24)25)19-12-13(16(23)15(12)22)20-11(7-1-2-7)8-3-4-8/h5-8,11,19-21H,1-4H2,(H,24,25)/p-1. The Morgan fingerprint density at radius 3 is 2.23 bits per heavy atom. The third-order valence-corrected chi connectivity index (χ3v) is 6.16. The number of rotatable bonds is 7. The Kier molecular flexibility index (Phi) is 4.29. The molecule has 2 fully saturated rings. The maximum Gasteiger partial charge on any atom is 0.253 e. The first-order valence-electron chi connectivity index (χ1n) is 8.36. The molecule has 26 heavy (non-hydrogen) atoms. The molecule has 0 spiro atoms. The number of hydrogen-bond acceptors (Lipinski definition) is 7. The Hall–Kier alpha value is -1.90. The van der Waals surface area contributed by atoms with Crippen molar-refractivity contribution in [3.8, 4) is 5.75 Å². The number of nitrogens with one attached hydrogen (secondary N) is 2. The molecule has 7 nitrogen and oxygen atoms in total. The average Bonchev–Trinajstić information content (AvgIpc) is 3.48. The molecule has 3 N–H and O–H groups in total. The molecule has 9 heteroatoms. The zero-order chi connectivity index (χ0) is 18.6. The first-order valence-corrected chi connectivity index (χ1v) is 9.81. The monoisotopic (exact) mass is 395 g/mol. The van der Waals surface area contributed by atoms with Crippen molar-refractivity contribution in [2.75, 3.05) is 10.6 Å². The highest BCUT2D eigenvalue weighted by molar-refractivity contribution is 7.79. The van der Waals surface area contributed by atoms with E-state index in [4.69, 9.17) is 11.6 Å². The molecule has 138 valence electrons. The van der Waals surface area contributed by atoms with Crippen LogP contribution in [0.3, 0.4) is 0 Å². The number of benzene rings is 1. The summed E-state index contributed by atoms with van der Waals surface area (Å²) < 4.78 is 22.5. The van der Waals surface area contributed by atoms with E-state index in [1.165, 1.54) is 12.1 Å². The van der Waals surface area contributed by atoms with Crippen LogP contribution in [-0.2, 0) is 11.1 Å². The van der Waals surface area contributed by atoms with Gasteiger partial charge >= 0.3 is 0 Å². The highest BCUT2D eigenvalue weighted by Crippen LogP contribution is 2.46. The van der Waals surface area contributed by atoms with Gasteiger partial charge in [0, 0.05) is 6.04 Å². The van der Waals surface area contributed by atoms with Crippen molar-refractivity contribution in [2.45, 2.75) is 36.6 Å². The molecule has 0 bridgehead atoms. The van der Waals surface area contributed by atoms with Gasteiger partial charge in [-0.3, -0.25) is 13.8 Å². The van der Waals surface area contributed by atoms with Crippen LogP contribution in [0.2, 0.25) is 5.02 Å². The van der Waals surface area contributed by atoms with E-state index < -0.39 is 32.6 Å². The summed E-state index contributed by atoms with van der Waals surface area (Å²) in [4.78, 5) is 23.5. The van der Waals surface area contributed by atoms with Crippen LogP contribution >= 0.6 is 11.6 Å². The van der Waals surface area contributed by atoms with E-state index in [0.29, 0.717) is 11.8 Å². The fourth-order valence-electron chi connectivity index (χ4n) is 3.29. The van der Waals surface area contributed by atoms with E-state index in [1.54, 1.807) is 0 Å². The zero-order valence-electron chi connectivity index (χ0n) is 13.6. The van der Waals surface area contributed by atoms with Crippen molar-refractivity contribution in [3.05, 3.63) is 37.6 Å². The van der Waals surface area contributed by atoms with Gasteiger partial charge in [0.25, 0.3) is 10.9 Å². The number of phenolic OH excluding ortho intramolecular Hbond substituents is 1. The quantitative estimate of drug-likeness (QED) is 0.373. The molecular formula is C17H16ClN2O5S-. The number of aromatic hydroxyl groups is 1. The van der Waals surface area contributed by atoms with Gasteiger partial charge in [-0.15, -0.1) is 0 Å². The molecule has 2 aliphatic rings. The maximum absolute atomic E-state index is 12.0. The molecular weight excluding hydrogens is 380 g/mol. The van der Waals surface area contributed by atoms with Gasteiger partial charge in [-0.25, -0.2) is 0 Å². The molecule has 1 atom stereocenters. The smallest absolute Gasteiger partial charge is 0.253 e. The molecule has 0 aromatic heterocycles. The van der Waals surface area contributed by atoms with Crippen molar-refractivity contribution < 1.29 is 13.9 Å². The van der Waals surface area contributed by atoms with Gasteiger partial charge in [0.05, 0.1) is 15.6 Å². The van der Waals surface area contributed by atoms with E-state index in [9.17, 15) is 23.5 Å². The van der Waals surface area contributed by atoms with Crippen LogP contribution in [-0.4, -0.2) is 19.9 Å². The van der Waals surface area contributed by atoms with E-state index in [-0.39, 0.29) is 28.1 Å². The average molecular weight is 396 g/mol. The van der Waals surface area contributed by atoms with Crippen molar-refractivity contribution in [2.24, 2.45) is 11.8 Å². The van der Waals surface area contributed by atoms with Crippen molar-refractivity contribution in [1.82, 2.24) is 0 Å². The van der Waals surface area contributed by atoms with Gasteiger partial charge in [-0.1, -0.05) is 11.6 Å². The summed E-state index contributed by atoms with van der Waals surface area (Å²) >= 11 is 3.04. The molecule has 2 saturated carbocycles. The molecule has 0 amide bonds. The third kappa shape index (κ3) is 3.02. The van der Waals surface area contributed by atoms with Gasteiger partial charge < -0.3 is 20.3 Å². The number of phenols is 1. The highest BCUT2D eigenvalue weighted by Gasteiger charge is 2.42. The van der Waals surface area contributed by atoms with E-state index in [2.05, 4.69) is 10.6 Å². The van der Waals surface area contributed by atoms with Crippen LogP contribution in [0.4, 0.5) is 17.1 Å². The lowest BCUT2D eigenvalue weighted by atomic mass is 10.1. The largest absolute Gasteiger partial charge is 0.768 e. The fourth-order valence-corrected chi connectivity index (χ4v) is 4.12. The second-order valence-electron chi connectivity index (χ2n) is 6.89. The van der Waals surface area contributed by atoms with Crippen LogP contribution in [0.15, 0.2) is 26.6 Å². The summed E-state index contributed by atoms with van der Waals surface area (Å²) in [5.41, 5.74) is -1.05. The second-order valence-corrected chi connectivity index (χ2v) is 8.17. The third-order valence-electron chi connectivity index (χ3n) is 4.99. The van der Waals surface area contributed by atoms with Crippen LogP contribution in [0.1, 0.15) is 25.7 Å². The minimum Gasteiger partial charge on any atom is -0.768 e. The second kappa shape index (κ2) is 6.37. The first-order chi connectivity index (χ1) is 12.4. The van der Waals surface area contributed by atoms with E-state index >= 15 is 0 Å². The topological polar surface area (TPSA) is 119 Å². The van der Waals surface area contributed by atoms with Crippen molar-refractivity contribution >= 4 is 39.7 Å². The Labute approximate surface area is 156 Å². The fraction of sp³-hybridized carbons (Fsp3) is 0.412. The molecule has 0 radical (unpaired) electrons. The van der Waals surface area contributed by atoms with E-state index in [0.717, 1.165) is 25.7 Å². The van der Waals surface area contributed by atoms with Crippen LogP contribution in [0, 0.1) is 11.8 Å². The molecule has 4 rings (SSSR count). The number of hydrogen-bond donors (Lipinski definition) is 3. The molecule has 2 aromatic carbocycles. The predicted molar refractivity (Wildman–Crippen MR) is 97.8 cm³/mol. The molecule has 2 aliphatic carbocycles. The van der Waals surface area contributed by atoms with Gasteiger partial charge in [0.1, 0.15) is 11.4 Å². The Morgan fingerprint density at radius 2 is 1.69 bits per heavy atom. The SMILES string of the molecule is O=c1c(Nc2ccc(Cl)c(S(=O)[O-])c2O)c(NC(C2CC2)C2CC2)c1=O. The first kappa shape index (κ1) is 17.5. The van der Waals surface area contributed by atoms with Crippen LogP contribution in [0.25, 0.3) is 0 Å². The molecule has 0 heterocycles. The summed E-state index contributed by atoms with van der Waals surface area (Å²) in [6.07, 6.45) is 4.46. The van der Waals surface area contributed by atoms with Crippen molar-refractivity contribution in [3.63, 3.8) is 0 Å². The summed E-state index contributed by atoms with van der Waals surface area (Å²) in [5.74, 6) is 0.460. The Balaban J connectivity index is 1.63. The molecule has 0 aliphatic heterocycles. The van der Waals surface area contributed by atoms with Crippen LogP contribution < -0.4 is 21.5 Å². The van der Waals surface area contributed by atoms with Gasteiger partial charge in [-0.2, -0.15) is 0 Å². The minimum atomic E-state index is -2.75. The normalized spacial score (nSPS) is 18.3. The summed E-state index contributed by atoms with van der Waals surface area (Å²) in [6.45, 7) is 0. The molecule has 1 unspecified atom stereocenters. The van der Waals surface area contributed by atoms with Crippen molar-refractivity contribution in [1.29, 1.82) is 0 Å². The lowest BCUT2D eigenvalue weighted by Gasteiger charge is -2.23. The van der Waals surface area contributed by atoms with Gasteiger partial charge in [-0.05, 0) is 60.7 Å². The lowest BCUT2D eigenvalue weighted by Crippen LogP contribution is -2.40. The van der Waals surface area contributed by atoms with Crippen LogP contribution in [0.5, 0.6) is 5.75 Å². The summed E-state index contributed by atoms with van der Waals surface area (Å²) in [6, 6.07) is 2.83. The predicted octanol–water partition coefficient (Wildman–Crippen LogP) is 2.22. The van der Waals surface area contributed by atoms with E-state index in [1.807, 2.05) is 0 Å². The number of halogens is 1. The summed E-state index contributed by atoms with van der Waals surface area (Å²) in [5, 5.41) is 15.9. The summed E-state index contributed by atoms with van der Waals surface area (Å²) in [7, 11) is 0. The van der Waals surface area contributed by atoms with Gasteiger partial charge in [0.15, 0.2) is 5.75 Å². The zero-order valence-corrected chi connectivity index (χ0v) is 15.2. The lowest BCUT2D eigenvalue weighted by molar-refractivity contribution is 0.457. The van der Waals surface area contributed by atoms with Gasteiger partial charge in [0.2, 0.25) is 0 Å². The maximum atomic E-state index is 12.0. The molecule has 0 saturated heterocycles. The Morgan fingerprint density at radius 1 is 1.12 bits per heavy atom. The highest BCUT2D eigenvalue weighted by atomic mass is 35.5. The minimum absolute atomic E-state index is 0.00172. The Bertz CT molecular complexity index is 964. The number of anilines is 3. The molecule has 2 aromatic rings.